The minimum absolute atomic E-state index is 0.236. The summed E-state index contributed by atoms with van der Waals surface area (Å²) in [6.07, 6.45) is 0. The Balaban J connectivity index is 0.000000239. The Morgan fingerprint density at radius 3 is 0.764 bits per heavy atom. The van der Waals surface area contributed by atoms with Crippen LogP contribution in [0.1, 0.15) is 22.3 Å². The van der Waals surface area contributed by atoms with E-state index >= 15 is 0 Å². The first-order valence-electron chi connectivity index (χ1n) is 20.5. The summed E-state index contributed by atoms with van der Waals surface area (Å²) in [5.74, 6) is -3.01. The summed E-state index contributed by atoms with van der Waals surface area (Å²) in [6, 6.07) is 24.7. The Morgan fingerprint density at radius 2 is 0.569 bits per heavy atom. The van der Waals surface area contributed by atoms with Crippen LogP contribution in [-0.2, 0) is 60.7 Å². The summed E-state index contributed by atoms with van der Waals surface area (Å²) in [6.45, 7) is 11.5. The fourth-order valence-electron chi connectivity index (χ4n) is 5.78. The number of hydrogen-bond donors (Lipinski definition) is 4. The minimum atomic E-state index is -5.08. The Morgan fingerprint density at radius 1 is 0.361 bits per heavy atom. The second-order valence-electron chi connectivity index (χ2n) is 15.3. The number of benzene rings is 6. The zero-order valence-corrected chi connectivity index (χ0v) is 44.4. The molecule has 4 N–H and O–H groups in total. The summed E-state index contributed by atoms with van der Waals surface area (Å²) in [4.78, 5) is -3.16. The van der Waals surface area contributed by atoms with Gasteiger partial charge >= 0.3 is 40.5 Å². The zero-order chi connectivity index (χ0) is 53.5. The predicted molar refractivity (Wildman–Crippen MR) is 264 cm³/mol. The molecule has 0 saturated carbocycles. The molecule has 20 nitrogen and oxygen atoms in total. The molecule has 0 atom stereocenters. The lowest BCUT2D eigenvalue weighted by molar-refractivity contribution is 0.455. The van der Waals surface area contributed by atoms with Crippen LogP contribution in [0.3, 0.4) is 0 Å². The van der Waals surface area contributed by atoms with Crippen LogP contribution in [0.5, 0.6) is 23.0 Å². The monoisotopic (exact) mass is 1150 g/mol. The molecule has 0 unspecified atom stereocenters. The van der Waals surface area contributed by atoms with E-state index in [1.54, 1.807) is 27.7 Å². The maximum atomic E-state index is 12.6. The molecule has 1 fully saturated rings. The van der Waals surface area contributed by atoms with Gasteiger partial charge in [0.25, 0.3) is 20.2 Å². The average molecular weight is 1150 g/mol. The van der Waals surface area contributed by atoms with Crippen LogP contribution in [-0.4, -0.2) is 85.8 Å². The molecule has 388 valence electrons. The minimum Gasteiger partial charge on any atom is -0.377 e. The van der Waals surface area contributed by atoms with Gasteiger partial charge in [0.15, 0.2) is 23.0 Å². The highest BCUT2D eigenvalue weighted by atomic mass is 35.5. The van der Waals surface area contributed by atoms with Gasteiger partial charge in [-0.3, -0.25) is 9.11 Å². The lowest BCUT2D eigenvalue weighted by atomic mass is 10.2. The van der Waals surface area contributed by atoms with Crippen LogP contribution >= 0.6 is 23.2 Å². The van der Waals surface area contributed by atoms with Gasteiger partial charge in [-0.25, -0.2) is 0 Å². The lowest BCUT2D eigenvalue weighted by Crippen LogP contribution is -2.39. The first kappa shape index (κ1) is 57.5. The van der Waals surface area contributed by atoms with Crippen molar-refractivity contribution in [3.63, 3.8) is 0 Å². The van der Waals surface area contributed by atoms with Crippen molar-refractivity contribution in [3.8, 4) is 23.0 Å². The predicted octanol–water partition coefficient (Wildman–Crippen LogP) is 6.66. The van der Waals surface area contributed by atoms with Crippen molar-refractivity contribution in [3.05, 3.63) is 154 Å². The van der Waals surface area contributed by atoms with Gasteiger partial charge in [-0.2, -0.15) is 50.5 Å². The molecule has 0 amide bonds. The molecule has 28 heteroatoms. The standard InChI is InChI=1S/2C20H17ClO9S3.C4H10N2/c2*1-13-3-7-15(8-4-13)32(25,26)29-18-12-20(31(22,23)24)19(11-17(18)21)30-33(27,28)16-9-5-14(2)6-10-16;1-2-6-4-3-5-1/h2*3-12H,1-2H3,(H,22,23,24);5-6H,1-4H2. The normalized spacial score (nSPS) is 13.3. The van der Waals surface area contributed by atoms with E-state index in [9.17, 15) is 59.6 Å². The van der Waals surface area contributed by atoms with Crippen molar-refractivity contribution in [1.82, 2.24) is 10.6 Å². The first-order valence-corrected chi connectivity index (χ1v) is 29.7. The van der Waals surface area contributed by atoms with Crippen molar-refractivity contribution in [1.29, 1.82) is 0 Å². The summed E-state index contributed by atoms with van der Waals surface area (Å²) >= 11 is 12.1. The van der Waals surface area contributed by atoms with E-state index < -0.39 is 104 Å². The molecule has 1 aliphatic rings. The highest BCUT2D eigenvalue weighted by molar-refractivity contribution is 7.88. The fraction of sp³-hybridized carbons (Fsp3) is 0.182. The number of piperazine rings is 1. The van der Waals surface area contributed by atoms with Crippen LogP contribution in [0, 0.1) is 27.7 Å². The van der Waals surface area contributed by atoms with E-state index in [0.717, 1.165) is 60.6 Å². The average Bonchev–Trinajstić information content (AvgIpc) is 3.28. The fourth-order valence-corrected chi connectivity index (χ4v) is 11.3. The lowest BCUT2D eigenvalue weighted by Gasteiger charge is -2.14. The van der Waals surface area contributed by atoms with E-state index in [-0.39, 0.29) is 19.6 Å². The van der Waals surface area contributed by atoms with Crippen molar-refractivity contribution in [2.45, 2.75) is 57.1 Å². The number of rotatable bonds is 14. The molecule has 0 aliphatic carbocycles. The van der Waals surface area contributed by atoms with E-state index in [0.29, 0.717) is 12.1 Å². The maximum absolute atomic E-state index is 12.6. The molecule has 0 bridgehead atoms. The van der Waals surface area contributed by atoms with Gasteiger partial charge in [-0.15, -0.1) is 0 Å². The van der Waals surface area contributed by atoms with E-state index in [1.807, 2.05) is 0 Å². The van der Waals surface area contributed by atoms with Gasteiger partial charge < -0.3 is 27.4 Å². The van der Waals surface area contributed by atoms with Gasteiger partial charge in [0, 0.05) is 50.4 Å². The zero-order valence-electron chi connectivity index (χ0n) is 38.0. The largest absolute Gasteiger partial charge is 0.377 e. The Kier molecular flexibility index (Phi) is 18.6. The summed E-state index contributed by atoms with van der Waals surface area (Å²) in [7, 11) is -28.1. The highest BCUT2D eigenvalue weighted by Crippen LogP contribution is 2.40. The van der Waals surface area contributed by atoms with Gasteiger partial charge in [-0.05, 0) is 76.2 Å². The molecule has 6 aromatic rings. The molecule has 6 aromatic carbocycles. The molecule has 0 spiro atoms. The summed E-state index contributed by atoms with van der Waals surface area (Å²) < 4.78 is 187. The van der Waals surface area contributed by atoms with Gasteiger partial charge in [0.05, 0.1) is 10.0 Å². The molecular weight excluding hydrogens is 1110 g/mol. The molecule has 7 rings (SSSR count). The first-order chi connectivity index (χ1) is 33.4. The second-order valence-corrected chi connectivity index (χ2v) is 25.1. The molecule has 72 heavy (non-hydrogen) atoms. The number of aryl methyl sites for hydroxylation is 4. The van der Waals surface area contributed by atoms with Gasteiger partial charge in [0.1, 0.15) is 29.4 Å². The summed E-state index contributed by atoms with van der Waals surface area (Å²) in [5, 5.41) is 5.49. The van der Waals surface area contributed by atoms with Crippen molar-refractivity contribution >= 4 is 83.9 Å². The van der Waals surface area contributed by atoms with Gasteiger partial charge in [0.2, 0.25) is 0 Å². The molecule has 1 heterocycles. The van der Waals surface area contributed by atoms with Crippen LogP contribution in [0.25, 0.3) is 0 Å². The molecule has 0 radical (unpaired) electrons. The van der Waals surface area contributed by atoms with E-state index in [1.165, 1.54) is 97.1 Å². The third kappa shape index (κ3) is 15.8. The number of hydrogen-bond acceptors (Lipinski definition) is 18. The topological polar surface area (TPSA) is 306 Å². The molecule has 0 aromatic heterocycles. The van der Waals surface area contributed by atoms with Crippen LogP contribution < -0.4 is 27.4 Å². The quantitative estimate of drug-likeness (QED) is 0.0654. The van der Waals surface area contributed by atoms with Crippen molar-refractivity contribution < 1.29 is 76.3 Å². The van der Waals surface area contributed by atoms with Crippen molar-refractivity contribution in [2.24, 2.45) is 0 Å². The SMILES string of the molecule is C1CNCCN1.Cc1ccc(S(=O)(=O)Oc2cc(S(=O)(=O)O)c(OS(=O)(=O)c3ccc(C)cc3)cc2Cl)cc1.Cc1ccc(S(=O)(=O)Oc2cc(S(=O)(=O)O)c(OS(=O)(=O)c3ccc(C)cc3)cc2Cl)cc1. The van der Waals surface area contributed by atoms with Crippen LogP contribution in [0.15, 0.2) is 151 Å². The second kappa shape index (κ2) is 23.2. The van der Waals surface area contributed by atoms with Crippen LogP contribution in [0.2, 0.25) is 10.0 Å². The Bertz CT molecular complexity index is 3370. The number of nitrogens with one attached hydrogen (secondary N) is 2. The molecular formula is C44H44Cl2N2O18S6. The summed E-state index contributed by atoms with van der Waals surface area (Å²) in [5.41, 5.74) is 3.12. The third-order valence-corrected chi connectivity index (χ3v) is 16.9. The van der Waals surface area contributed by atoms with E-state index in [2.05, 4.69) is 10.6 Å². The Labute approximate surface area is 427 Å². The Hall–Kier alpha value is -5.36. The molecule has 1 aliphatic heterocycles. The van der Waals surface area contributed by atoms with E-state index in [4.69, 9.17) is 39.9 Å². The smallest absolute Gasteiger partial charge is 0.339 e. The van der Waals surface area contributed by atoms with Crippen molar-refractivity contribution in [2.75, 3.05) is 26.2 Å². The molecule has 1 saturated heterocycles. The maximum Gasteiger partial charge on any atom is 0.339 e. The highest BCUT2D eigenvalue weighted by Gasteiger charge is 2.30. The van der Waals surface area contributed by atoms with Crippen LogP contribution in [0.4, 0.5) is 0 Å². The van der Waals surface area contributed by atoms with Gasteiger partial charge in [-0.1, -0.05) is 94.0 Å². The third-order valence-electron chi connectivity index (χ3n) is 9.55. The number of halogens is 2.